The molecule has 0 aromatic heterocycles. The molecule has 3 rings (SSSR count). The predicted octanol–water partition coefficient (Wildman–Crippen LogP) is 1.41. The zero-order chi connectivity index (χ0) is 16.4. The molecule has 0 radical (unpaired) electrons. The van der Waals surface area contributed by atoms with E-state index < -0.39 is 10.0 Å². The summed E-state index contributed by atoms with van der Waals surface area (Å²) < 4.78 is 25.2. The summed E-state index contributed by atoms with van der Waals surface area (Å²) in [5, 5.41) is 3.04. The van der Waals surface area contributed by atoms with Crippen molar-refractivity contribution >= 4 is 21.6 Å². The maximum Gasteiger partial charge on any atom is 0.253 e. The quantitative estimate of drug-likeness (QED) is 0.852. The molecule has 2 aliphatic rings. The molecule has 7 heteroatoms. The summed E-state index contributed by atoms with van der Waals surface area (Å²) >= 11 is 0. The SMILES string of the molecule is CS(=O)(=O)Nc1ccccc1C(=O)NC1CCN(C2CC2)CC1. The molecule has 6 nitrogen and oxygen atoms in total. The molecule has 1 aliphatic heterocycles. The van der Waals surface area contributed by atoms with Crippen LogP contribution in [0.1, 0.15) is 36.0 Å². The topological polar surface area (TPSA) is 78.5 Å². The molecule has 2 N–H and O–H groups in total. The largest absolute Gasteiger partial charge is 0.349 e. The molecule has 1 amide bonds. The normalized spacial score (nSPS) is 20.2. The fourth-order valence-corrected chi connectivity index (χ4v) is 3.66. The first kappa shape index (κ1) is 16.3. The zero-order valence-electron chi connectivity index (χ0n) is 13.3. The van der Waals surface area contributed by atoms with Gasteiger partial charge in [-0.3, -0.25) is 9.52 Å². The molecule has 1 aromatic rings. The number of benzene rings is 1. The van der Waals surface area contributed by atoms with Crippen LogP contribution in [0.2, 0.25) is 0 Å². The number of nitrogens with one attached hydrogen (secondary N) is 2. The molecule has 0 atom stereocenters. The maximum atomic E-state index is 12.5. The summed E-state index contributed by atoms with van der Waals surface area (Å²) in [6.07, 6.45) is 5.59. The van der Waals surface area contributed by atoms with Crippen LogP contribution < -0.4 is 10.0 Å². The van der Waals surface area contributed by atoms with Gasteiger partial charge in [-0.05, 0) is 37.8 Å². The van der Waals surface area contributed by atoms with Crippen LogP contribution >= 0.6 is 0 Å². The van der Waals surface area contributed by atoms with Gasteiger partial charge in [0.25, 0.3) is 5.91 Å². The molecular weight excluding hydrogens is 314 g/mol. The average Bonchev–Trinajstić information content (AvgIpc) is 3.31. The van der Waals surface area contributed by atoms with Gasteiger partial charge in [0.1, 0.15) is 0 Å². The van der Waals surface area contributed by atoms with E-state index in [1.54, 1.807) is 24.3 Å². The van der Waals surface area contributed by atoms with Gasteiger partial charge in [-0.2, -0.15) is 0 Å². The van der Waals surface area contributed by atoms with Crippen LogP contribution in [0.15, 0.2) is 24.3 Å². The minimum atomic E-state index is -3.41. The second kappa shape index (κ2) is 6.49. The smallest absolute Gasteiger partial charge is 0.253 e. The van der Waals surface area contributed by atoms with Gasteiger partial charge < -0.3 is 10.2 Å². The highest BCUT2D eigenvalue weighted by atomic mass is 32.2. The number of likely N-dealkylation sites (tertiary alicyclic amines) is 1. The van der Waals surface area contributed by atoms with E-state index in [1.807, 2.05) is 0 Å². The number of sulfonamides is 1. The Kier molecular flexibility index (Phi) is 4.59. The van der Waals surface area contributed by atoms with Crippen molar-refractivity contribution in [1.29, 1.82) is 0 Å². The van der Waals surface area contributed by atoms with Gasteiger partial charge in [0.2, 0.25) is 10.0 Å². The van der Waals surface area contributed by atoms with Gasteiger partial charge >= 0.3 is 0 Å². The number of anilines is 1. The lowest BCUT2D eigenvalue weighted by Gasteiger charge is -2.32. The van der Waals surface area contributed by atoms with Crippen LogP contribution in [-0.2, 0) is 10.0 Å². The van der Waals surface area contributed by atoms with Gasteiger partial charge in [0, 0.05) is 25.2 Å². The van der Waals surface area contributed by atoms with Gasteiger partial charge in [-0.1, -0.05) is 12.1 Å². The van der Waals surface area contributed by atoms with E-state index in [0.717, 1.165) is 38.2 Å². The highest BCUT2D eigenvalue weighted by Gasteiger charge is 2.32. The molecule has 0 spiro atoms. The summed E-state index contributed by atoms with van der Waals surface area (Å²) in [6.45, 7) is 2.05. The number of para-hydroxylation sites is 1. The summed E-state index contributed by atoms with van der Waals surface area (Å²) in [6, 6.07) is 7.61. The lowest BCUT2D eigenvalue weighted by atomic mass is 10.0. The molecular formula is C16H23N3O3S. The Hall–Kier alpha value is -1.60. The Balaban J connectivity index is 1.62. The number of carbonyl (C=O) groups excluding carboxylic acids is 1. The number of amides is 1. The summed E-state index contributed by atoms with van der Waals surface area (Å²) in [4.78, 5) is 15.0. The van der Waals surface area contributed by atoms with E-state index in [-0.39, 0.29) is 11.9 Å². The van der Waals surface area contributed by atoms with Crippen molar-refractivity contribution in [3.05, 3.63) is 29.8 Å². The molecule has 0 unspecified atom stereocenters. The van der Waals surface area contributed by atoms with Gasteiger partial charge in [-0.15, -0.1) is 0 Å². The average molecular weight is 337 g/mol. The number of nitrogens with zero attached hydrogens (tertiary/aromatic N) is 1. The third kappa shape index (κ3) is 4.45. The maximum absolute atomic E-state index is 12.5. The first-order valence-electron chi connectivity index (χ1n) is 8.04. The molecule has 1 aliphatic carbocycles. The second-order valence-electron chi connectivity index (χ2n) is 6.43. The summed E-state index contributed by atoms with van der Waals surface area (Å²) in [5.41, 5.74) is 0.686. The van der Waals surface area contributed by atoms with Crippen LogP contribution in [0, 0.1) is 0 Å². The summed E-state index contributed by atoms with van der Waals surface area (Å²) in [7, 11) is -3.41. The van der Waals surface area contributed by atoms with E-state index >= 15 is 0 Å². The minimum absolute atomic E-state index is 0.156. The molecule has 126 valence electrons. The molecule has 1 saturated carbocycles. The van der Waals surface area contributed by atoms with Crippen molar-refractivity contribution in [3.8, 4) is 0 Å². The molecule has 1 aromatic carbocycles. The van der Waals surface area contributed by atoms with Crippen molar-refractivity contribution in [1.82, 2.24) is 10.2 Å². The van der Waals surface area contributed by atoms with Crippen molar-refractivity contribution in [2.24, 2.45) is 0 Å². The highest BCUT2D eigenvalue weighted by Crippen LogP contribution is 2.29. The molecule has 23 heavy (non-hydrogen) atoms. The molecule has 1 saturated heterocycles. The molecule has 2 fully saturated rings. The van der Waals surface area contributed by atoms with Crippen LogP contribution in [0.4, 0.5) is 5.69 Å². The first-order chi connectivity index (χ1) is 10.9. The number of carbonyl (C=O) groups is 1. The minimum Gasteiger partial charge on any atom is -0.349 e. The standard InChI is InChI=1S/C16H23N3O3S/c1-23(21,22)18-15-5-3-2-4-14(15)16(20)17-12-8-10-19(11-9-12)13-6-7-13/h2-5,12-13,18H,6-11H2,1H3,(H,17,20). The fraction of sp³-hybridized carbons (Fsp3) is 0.562. The van der Waals surface area contributed by atoms with E-state index in [0.29, 0.717) is 11.3 Å². The monoisotopic (exact) mass is 337 g/mol. The highest BCUT2D eigenvalue weighted by molar-refractivity contribution is 7.92. The van der Waals surface area contributed by atoms with Crippen molar-refractivity contribution in [2.75, 3.05) is 24.1 Å². The van der Waals surface area contributed by atoms with Crippen LogP contribution in [0.25, 0.3) is 0 Å². The Bertz CT molecular complexity index is 678. The Morgan fingerprint density at radius 3 is 2.39 bits per heavy atom. The van der Waals surface area contributed by atoms with Crippen LogP contribution in [0.5, 0.6) is 0 Å². The van der Waals surface area contributed by atoms with E-state index in [1.165, 1.54) is 12.8 Å². The molecule has 1 heterocycles. The summed E-state index contributed by atoms with van der Waals surface area (Å²) in [5.74, 6) is -0.221. The number of rotatable bonds is 5. The number of piperidine rings is 1. The Labute approximate surface area is 137 Å². The Morgan fingerprint density at radius 1 is 1.13 bits per heavy atom. The first-order valence-corrected chi connectivity index (χ1v) is 9.93. The number of hydrogen-bond acceptors (Lipinski definition) is 4. The van der Waals surface area contributed by atoms with Crippen LogP contribution in [0.3, 0.4) is 0 Å². The Morgan fingerprint density at radius 2 is 1.78 bits per heavy atom. The van der Waals surface area contributed by atoms with Crippen LogP contribution in [-0.4, -0.2) is 50.7 Å². The van der Waals surface area contributed by atoms with Gasteiger partial charge in [0.05, 0.1) is 17.5 Å². The molecule has 0 bridgehead atoms. The van der Waals surface area contributed by atoms with E-state index in [9.17, 15) is 13.2 Å². The lowest BCUT2D eigenvalue weighted by Crippen LogP contribution is -2.45. The van der Waals surface area contributed by atoms with Crippen molar-refractivity contribution in [2.45, 2.75) is 37.8 Å². The third-order valence-corrected chi connectivity index (χ3v) is 4.99. The van der Waals surface area contributed by atoms with E-state index in [2.05, 4.69) is 14.9 Å². The fourth-order valence-electron chi connectivity index (χ4n) is 3.08. The third-order valence-electron chi connectivity index (χ3n) is 4.40. The van der Waals surface area contributed by atoms with E-state index in [4.69, 9.17) is 0 Å². The van der Waals surface area contributed by atoms with Crippen molar-refractivity contribution in [3.63, 3.8) is 0 Å². The predicted molar refractivity (Wildman–Crippen MR) is 90.0 cm³/mol. The zero-order valence-corrected chi connectivity index (χ0v) is 14.1. The second-order valence-corrected chi connectivity index (χ2v) is 8.18. The van der Waals surface area contributed by atoms with Gasteiger partial charge in [0.15, 0.2) is 0 Å². The van der Waals surface area contributed by atoms with Crippen molar-refractivity contribution < 1.29 is 13.2 Å². The van der Waals surface area contributed by atoms with Gasteiger partial charge in [-0.25, -0.2) is 8.42 Å². The lowest BCUT2D eigenvalue weighted by molar-refractivity contribution is 0.0910. The number of hydrogen-bond donors (Lipinski definition) is 2.